The minimum atomic E-state index is -0.405. The summed E-state index contributed by atoms with van der Waals surface area (Å²) in [5.41, 5.74) is 4.23. The summed E-state index contributed by atoms with van der Waals surface area (Å²) < 4.78 is 0. The quantitative estimate of drug-likeness (QED) is 0.688. The maximum Gasteiger partial charge on any atom is 0.174 e. The Bertz CT molecular complexity index is 960. The molecule has 1 heterocycles. The van der Waals surface area contributed by atoms with Crippen LogP contribution in [-0.2, 0) is 18.4 Å². The zero-order chi connectivity index (χ0) is 18.3. The molecule has 2 nitrogen and oxygen atoms in total. The van der Waals surface area contributed by atoms with E-state index in [1.54, 1.807) is 0 Å². The van der Waals surface area contributed by atoms with E-state index in [9.17, 15) is 4.79 Å². The van der Waals surface area contributed by atoms with Crippen LogP contribution in [0.4, 0.5) is 0 Å². The maximum atomic E-state index is 13.6. The van der Waals surface area contributed by atoms with Crippen molar-refractivity contribution in [1.82, 2.24) is 4.90 Å². The third kappa shape index (κ3) is 2.64. The van der Waals surface area contributed by atoms with E-state index in [1.165, 1.54) is 16.7 Å². The Kier molecular flexibility index (Phi) is 3.95. The van der Waals surface area contributed by atoms with Crippen molar-refractivity contribution in [3.63, 3.8) is 0 Å². The van der Waals surface area contributed by atoms with Gasteiger partial charge in [-0.05, 0) is 23.1 Å². The molecule has 1 aliphatic carbocycles. The van der Waals surface area contributed by atoms with Gasteiger partial charge >= 0.3 is 0 Å². The third-order valence-electron chi connectivity index (χ3n) is 6.33. The van der Waals surface area contributed by atoms with Crippen molar-refractivity contribution >= 4 is 5.78 Å². The standard InChI is InChI=1S/C25H23NO/c27-24-23-14-8-7-11-20(23)15-25(24,21-12-5-2-6-13-21)22-17-26(18-22)16-19-9-3-1-4-10-19/h1-14,22H,15-18H2. The SMILES string of the molecule is O=C1c2ccccc2CC1(c1ccccc1)C1CN(Cc2ccccc2)C1. The monoisotopic (exact) mass is 353 g/mol. The van der Waals surface area contributed by atoms with Gasteiger partial charge in [-0.3, -0.25) is 9.69 Å². The highest BCUT2D eigenvalue weighted by molar-refractivity contribution is 6.08. The summed E-state index contributed by atoms with van der Waals surface area (Å²) in [6, 6.07) is 29.2. The van der Waals surface area contributed by atoms with E-state index in [-0.39, 0.29) is 0 Å². The Labute approximate surface area is 160 Å². The fraction of sp³-hybridized carbons (Fsp3) is 0.240. The number of likely N-dealkylation sites (tertiary alicyclic amines) is 1. The first-order chi connectivity index (χ1) is 13.3. The van der Waals surface area contributed by atoms with Gasteiger partial charge in [-0.15, -0.1) is 0 Å². The predicted octanol–water partition coefficient (Wildman–Crippen LogP) is 4.50. The van der Waals surface area contributed by atoms with Gasteiger partial charge in [-0.1, -0.05) is 84.9 Å². The highest BCUT2D eigenvalue weighted by atomic mass is 16.1. The summed E-state index contributed by atoms with van der Waals surface area (Å²) >= 11 is 0. The Morgan fingerprint density at radius 3 is 2.15 bits per heavy atom. The molecule has 0 bridgehead atoms. The van der Waals surface area contributed by atoms with Crippen molar-refractivity contribution in [1.29, 1.82) is 0 Å². The second-order valence-corrected chi connectivity index (χ2v) is 7.88. The molecule has 0 aromatic heterocycles. The minimum absolute atomic E-state index is 0.314. The van der Waals surface area contributed by atoms with E-state index in [0.717, 1.165) is 31.6 Å². The minimum Gasteiger partial charge on any atom is -0.298 e. The second kappa shape index (κ2) is 6.47. The number of hydrogen-bond acceptors (Lipinski definition) is 2. The van der Waals surface area contributed by atoms with Crippen molar-refractivity contribution in [3.8, 4) is 0 Å². The summed E-state index contributed by atoms with van der Waals surface area (Å²) in [4.78, 5) is 16.1. The molecule has 0 amide bonds. The Hall–Kier alpha value is -2.71. The number of rotatable bonds is 4. The lowest BCUT2D eigenvalue weighted by Crippen LogP contribution is -2.58. The largest absolute Gasteiger partial charge is 0.298 e. The van der Waals surface area contributed by atoms with Gasteiger partial charge in [-0.25, -0.2) is 0 Å². The van der Waals surface area contributed by atoms with Gasteiger partial charge in [0, 0.05) is 31.1 Å². The third-order valence-corrected chi connectivity index (χ3v) is 6.33. The van der Waals surface area contributed by atoms with E-state index in [0.29, 0.717) is 11.7 Å². The first kappa shape index (κ1) is 16.5. The molecule has 134 valence electrons. The molecule has 3 aromatic rings. The van der Waals surface area contributed by atoms with Crippen LogP contribution in [0.5, 0.6) is 0 Å². The molecule has 5 rings (SSSR count). The number of Topliss-reactive ketones (excluding diaryl/α,β-unsaturated/α-hetero) is 1. The average Bonchev–Trinajstić information content (AvgIpc) is 2.99. The molecule has 1 aliphatic heterocycles. The van der Waals surface area contributed by atoms with Crippen molar-refractivity contribution in [2.45, 2.75) is 18.4 Å². The average molecular weight is 353 g/mol. The van der Waals surface area contributed by atoms with Gasteiger partial charge in [0.2, 0.25) is 0 Å². The van der Waals surface area contributed by atoms with Crippen LogP contribution in [0, 0.1) is 5.92 Å². The Morgan fingerprint density at radius 1 is 0.815 bits per heavy atom. The molecule has 1 atom stereocenters. The number of benzene rings is 3. The van der Waals surface area contributed by atoms with Crippen LogP contribution < -0.4 is 0 Å². The fourth-order valence-corrected chi connectivity index (χ4v) is 4.90. The van der Waals surface area contributed by atoms with Crippen LogP contribution >= 0.6 is 0 Å². The van der Waals surface area contributed by atoms with Crippen LogP contribution in [0.2, 0.25) is 0 Å². The second-order valence-electron chi connectivity index (χ2n) is 7.88. The molecule has 2 aliphatic rings. The molecular weight excluding hydrogens is 330 g/mol. The normalized spacial score (nSPS) is 22.4. The number of ketones is 1. The molecule has 2 heteroatoms. The topological polar surface area (TPSA) is 20.3 Å². The van der Waals surface area contributed by atoms with Crippen molar-refractivity contribution in [2.24, 2.45) is 5.92 Å². The van der Waals surface area contributed by atoms with Crippen LogP contribution in [0.25, 0.3) is 0 Å². The zero-order valence-electron chi connectivity index (χ0n) is 15.3. The van der Waals surface area contributed by atoms with Crippen LogP contribution in [-0.4, -0.2) is 23.8 Å². The number of carbonyl (C=O) groups excluding carboxylic acids is 1. The summed E-state index contributed by atoms with van der Waals surface area (Å²) in [5, 5.41) is 0. The first-order valence-electron chi connectivity index (χ1n) is 9.72. The molecule has 1 unspecified atom stereocenters. The van der Waals surface area contributed by atoms with Crippen LogP contribution in [0.3, 0.4) is 0 Å². The van der Waals surface area contributed by atoms with Gasteiger partial charge < -0.3 is 0 Å². The molecule has 3 aromatic carbocycles. The molecule has 1 saturated heterocycles. The predicted molar refractivity (Wildman–Crippen MR) is 108 cm³/mol. The van der Waals surface area contributed by atoms with E-state index in [4.69, 9.17) is 0 Å². The van der Waals surface area contributed by atoms with E-state index >= 15 is 0 Å². The van der Waals surface area contributed by atoms with Gasteiger partial charge in [0.25, 0.3) is 0 Å². The highest BCUT2D eigenvalue weighted by Crippen LogP contribution is 2.48. The summed E-state index contributed by atoms with van der Waals surface area (Å²) in [5.74, 6) is 0.678. The van der Waals surface area contributed by atoms with Crippen molar-refractivity contribution in [3.05, 3.63) is 107 Å². The maximum absolute atomic E-state index is 13.6. The molecule has 0 radical (unpaired) electrons. The number of fused-ring (bicyclic) bond motifs is 1. The van der Waals surface area contributed by atoms with Gasteiger partial charge in [0.15, 0.2) is 5.78 Å². The zero-order valence-corrected chi connectivity index (χ0v) is 15.3. The van der Waals surface area contributed by atoms with Gasteiger partial charge in [0.05, 0.1) is 5.41 Å². The van der Waals surface area contributed by atoms with E-state index < -0.39 is 5.41 Å². The first-order valence-corrected chi connectivity index (χ1v) is 9.72. The van der Waals surface area contributed by atoms with Gasteiger partial charge in [0.1, 0.15) is 0 Å². The Morgan fingerprint density at radius 2 is 1.44 bits per heavy atom. The van der Waals surface area contributed by atoms with E-state index in [2.05, 4.69) is 71.6 Å². The lowest BCUT2D eigenvalue weighted by atomic mass is 9.64. The molecule has 0 N–H and O–H groups in total. The smallest absolute Gasteiger partial charge is 0.174 e. The lowest BCUT2D eigenvalue weighted by Gasteiger charge is -2.48. The molecule has 0 saturated carbocycles. The summed E-state index contributed by atoms with van der Waals surface area (Å²) in [6.45, 7) is 2.91. The molecule has 0 spiro atoms. The van der Waals surface area contributed by atoms with Crippen LogP contribution in [0.1, 0.15) is 27.0 Å². The van der Waals surface area contributed by atoms with E-state index in [1.807, 2.05) is 18.2 Å². The van der Waals surface area contributed by atoms with Crippen LogP contribution in [0.15, 0.2) is 84.9 Å². The fourth-order valence-electron chi connectivity index (χ4n) is 4.90. The van der Waals surface area contributed by atoms with Gasteiger partial charge in [-0.2, -0.15) is 0 Å². The van der Waals surface area contributed by atoms with Crippen molar-refractivity contribution in [2.75, 3.05) is 13.1 Å². The number of nitrogens with zero attached hydrogens (tertiary/aromatic N) is 1. The molecule has 27 heavy (non-hydrogen) atoms. The molecule has 1 fully saturated rings. The lowest BCUT2D eigenvalue weighted by molar-refractivity contribution is 0.0317. The Balaban J connectivity index is 1.45. The number of carbonyl (C=O) groups is 1. The summed E-state index contributed by atoms with van der Waals surface area (Å²) in [6.07, 6.45) is 0.829. The molecular formula is C25H23NO. The highest BCUT2D eigenvalue weighted by Gasteiger charge is 2.55. The number of hydrogen-bond donors (Lipinski definition) is 0. The van der Waals surface area contributed by atoms with Crippen molar-refractivity contribution < 1.29 is 4.79 Å². The summed E-state index contributed by atoms with van der Waals surface area (Å²) in [7, 11) is 0.